The lowest BCUT2D eigenvalue weighted by Crippen LogP contribution is -2.37. The first-order valence-corrected chi connectivity index (χ1v) is 11.0. The molecule has 2 aromatic heterocycles. The summed E-state index contributed by atoms with van der Waals surface area (Å²) < 4.78 is 20.7. The van der Waals surface area contributed by atoms with Gasteiger partial charge in [-0.25, -0.2) is 14.4 Å². The molecule has 3 atom stereocenters. The number of hydrogen-bond acceptors (Lipinski definition) is 5. The summed E-state index contributed by atoms with van der Waals surface area (Å²) in [6, 6.07) is 16.8. The molecular weight excluding hydrogens is 403 g/mol. The Morgan fingerprint density at radius 1 is 1.09 bits per heavy atom. The Hall–Kier alpha value is -3.38. The van der Waals surface area contributed by atoms with Crippen LogP contribution in [0.1, 0.15) is 31.4 Å². The molecule has 3 heterocycles. The first-order valence-electron chi connectivity index (χ1n) is 11.0. The van der Waals surface area contributed by atoms with Crippen molar-refractivity contribution in [2.75, 3.05) is 6.54 Å². The third-order valence-electron chi connectivity index (χ3n) is 6.28. The van der Waals surface area contributed by atoms with E-state index < -0.39 is 0 Å². The number of fused-ring (bicyclic) bond motifs is 1. The van der Waals surface area contributed by atoms with Gasteiger partial charge in [0.15, 0.2) is 0 Å². The van der Waals surface area contributed by atoms with E-state index in [0.717, 1.165) is 35.9 Å². The van der Waals surface area contributed by atoms with Crippen molar-refractivity contribution in [3.63, 3.8) is 0 Å². The van der Waals surface area contributed by atoms with Gasteiger partial charge in [-0.2, -0.15) is 0 Å². The predicted octanol–water partition coefficient (Wildman–Crippen LogP) is 5.34. The van der Waals surface area contributed by atoms with Crippen LogP contribution in [0.25, 0.3) is 22.0 Å². The Kier molecular flexibility index (Phi) is 5.77. The molecule has 0 saturated carbocycles. The maximum absolute atomic E-state index is 14.3. The minimum Gasteiger partial charge on any atom is -0.474 e. The SMILES string of the molecule is CC(Oc1ncnc2ccc(-c3ccccc3F)cc12)C1CCNC(c2cccnc2)C1. The molecule has 1 fully saturated rings. The summed E-state index contributed by atoms with van der Waals surface area (Å²) in [6.07, 6.45) is 7.22. The molecule has 3 unspecified atom stereocenters. The summed E-state index contributed by atoms with van der Waals surface area (Å²) in [7, 11) is 0. The molecule has 1 aliphatic heterocycles. The maximum atomic E-state index is 14.3. The standard InChI is InChI=1S/C26H25FN4O/c1-17(18-10-12-29-25(14-18)20-5-4-11-28-15-20)32-26-22-13-19(8-9-24(22)30-16-31-26)21-6-2-3-7-23(21)27/h2-9,11,13,15-18,25,29H,10,12,14H2,1H3. The van der Waals surface area contributed by atoms with Crippen LogP contribution in [0.2, 0.25) is 0 Å². The van der Waals surface area contributed by atoms with Crippen molar-refractivity contribution in [3.05, 3.63) is 84.7 Å². The van der Waals surface area contributed by atoms with Gasteiger partial charge in [0.2, 0.25) is 5.88 Å². The summed E-state index contributed by atoms with van der Waals surface area (Å²) in [4.78, 5) is 13.0. The van der Waals surface area contributed by atoms with Crippen molar-refractivity contribution >= 4 is 10.9 Å². The van der Waals surface area contributed by atoms with Gasteiger partial charge in [-0.3, -0.25) is 4.98 Å². The largest absolute Gasteiger partial charge is 0.474 e. The Labute approximate surface area is 186 Å². The lowest BCUT2D eigenvalue weighted by molar-refractivity contribution is 0.111. The zero-order chi connectivity index (χ0) is 21.9. The van der Waals surface area contributed by atoms with Gasteiger partial charge in [-0.05, 0) is 67.6 Å². The molecule has 1 N–H and O–H groups in total. The minimum absolute atomic E-state index is 0.0218. The molecule has 0 aliphatic carbocycles. The van der Waals surface area contributed by atoms with Crippen LogP contribution < -0.4 is 10.1 Å². The number of halogens is 1. The zero-order valence-corrected chi connectivity index (χ0v) is 17.9. The van der Waals surface area contributed by atoms with Crippen LogP contribution in [0.3, 0.4) is 0 Å². The molecule has 1 aliphatic rings. The van der Waals surface area contributed by atoms with Crippen molar-refractivity contribution in [1.29, 1.82) is 0 Å². The van der Waals surface area contributed by atoms with Gasteiger partial charge in [0, 0.05) is 24.0 Å². The van der Waals surface area contributed by atoms with E-state index in [-0.39, 0.29) is 18.0 Å². The molecule has 1 saturated heterocycles. The lowest BCUT2D eigenvalue weighted by atomic mass is 9.86. The fourth-order valence-electron chi connectivity index (χ4n) is 4.47. The number of nitrogens with zero attached hydrogens (tertiary/aromatic N) is 3. The number of hydrogen-bond donors (Lipinski definition) is 1. The second-order valence-corrected chi connectivity index (χ2v) is 8.29. The smallest absolute Gasteiger partial charge is 0.224 e. The molecule has 0 amide bonds. The van der Waals surface area contributed by atoms with Gasteiger partial charge in [0.1, 0.15) is 18.2 Å². The minimum atomic E-state index is -0.254. The third kappa shape index (κ3) is 4.18. The van der Waals surface area contributed by atoms with Gasteiger partial charge in [-0.15, -0.1) is 0 Å². The monoisotopic (exact) mass is 428 g/mol. The molecule has 0 bridgehead atoms. The van der Waals surface area contributed by atoms with Crippen LogP contribution in [0.15, 0.2) is 73.3 Å². The van der Waals surface area contributed by atoms with E-state index >= 15 is 0 Å². The zero-order valence-electron chi connectivity index (χ0n) is 17.9. The highest BCUT2D eigenvalue weighted by atomic mass is 19.1. The van der Waals surface area contributed by atoms with Crippen LogP contribution in [0.4, 0.5) is 4.39 Å². The highest BCUT2D eigenvalue weighted by molar-refractivity contribution is 5.88. The Balaban J connectivity index is 1.40. The van der Waals surface area contributed by atoms with Gasteiger partial charge in [-0.1, -0.05) is 30.3 Å². The quantitative estimate of drug-likeness (QED) is 0.465. The van der Waals surface area contributed by atoms with Gasteiger partial charge >= 0.3 is 0 Å². The average Bonchev–Trinajstić information content (AvgIpc) is 2.85. The fraction of sp³-hybridized carbons (Fsp3) is 0.269. The van der Waals surface area contributed by atoms with E-state index in [4.69, 9.17) is 4.74 Å². The van der Waals surface area contributed by atoms with Gasteiger partial charge in [0.25, 0.3) is 0 Å². The maximum Gasteiger partial charge on any atom is 0.224 e. The van der Waals surface area contributed by atoms with E-state index in [1.165, 1.54) is 18.0 Å². The fourth-order valence-corrected chi connectivity index (χ4v) is 4.47. The summed E-state index contributed by atoms with van der Waals surface area (Å²) >= 11 is 0. The van der Waals surface area contributed by atoms with E-state index in [9.17, 15) is 4.39 Å². The van der Waals surface area contributed by atoms with Gasteiger partial charge < -0.3 is 10.1 Å². The molecule has 5 nitrogen and oxygen atoms in total. The molecule has 6 heteroatoms. The third-order valence-corrected chi connectivity index (χ3v) is 6.28. The van der Waals surface area contributed by atoms with Crippen LogP contribution in [-0.4, -0.2) is 27.6 Å². The predicted molar refractivity (Wildman–Crippen MR) is 123 cm³/mol. The van der Waals surface area contributed by atoms with Gasteiger partial charge in [0.05, 0.1) is 10.9 Å². The lowest BCUT2D eigenvalue weighted by Gasteiger charge is -2.34. The Morgan fingerprint density at radius 2 is 2.00 bits per heavy atom. The molecule has 0 radical (unpaired) electrons. The number of benzene rings is 2. The summed E-state index contributed by atoms with van der Waals surface area (Å²) in [6.45, 7) is 3.03. The number of ether oxygens (including phenoxy) is 1. The molecular formula is C26H25FN4O. The van der Waals surface area contributed by atoms with Crippen LogP contribution in [0, 0.1) is 11.7 Å². The number of piperidine rings is 1. The van der Waals surface area contributed by atoms with Crippen LogP contribution in [-0.2, 0) is 0 Å². The molecule has 162 valence electrons. The summed E-state index contributed by atoms with van der Waals surface area (Å²) in [5.41, 5.74) is 3.31. The molecule has 5 rings (SSSR count). The van der Waals surface area contributed by atoms with Crippen molar-refractivity contribution in [3.8, 4) is 17.0 Å². The van der Waals surface area contributed by atoms with E-state index in [2.05, 4.69) is 33.3 Å². The van der Waals surface area contributed by atoms with Crippen molar-refractivity contribution < 1.29 is 9.13 Å². The number of aromatic nitrogens is 3. The number of nitrogens with one attached hydrogen (secondary N) is 1. The number of rotatable bonds is 5. The van der Waals surface area contributed by atoms with Crippen LogP contribution in [0.5, 0.6) is 5.88 Å². The average molecular weight is 429 g/mol. The van der Waals surface area contributed by atoms with E-state index in [1.807, 2.05) is 36.5 Å². The second-order valence-electron chi connectivity index (χ2n) is 8.29. The molecule has 4 aromatic rings. The van der Waals surface area contributed by atoms with Crippen molar-refractivity contribution in [2.45, 2.75) is 31.9 Å². The summed E-state index contributed by atoms with van der Waals surface area (Å²) in [5.74, 6) is 0.661. The topological polar surface area (TPSA) is 59.9 Å². The molecule has 0 spiro atoms. The van der Waals surface area contributed by atoms with E-state index in [1.54, 1.807) is 18.3 Å². The normalized spacial score (nSPS) is 19.6. The second kappa shape index (κ2) is 9.01. The summed E-state index contributed by atoms with van der Waals surface area (Å²) in [5, 5.41) is 4.38. The Bertz CT molecular complexity index is 1220. The number of pyridine rings is 1. The molecule has 32 heavy (non-hydrogen) atoms. The van der Waals surface area contributed by atoms with Crippen LogP contribution >= 0.6 is 0 Å². The Morgan fingerprint density at radius 3 is 2.84 bits per heavy atom. The highest BCUT2D eigenvalue weighted by Gasteiger charge is 2.28. The van der Waals surface area contributed by atoms with Crippen molar-refractivity contribution in [2.24, 2.45) is 5.92 Å². The highest BCUT2D eigenvalue weighted by Crippen LogP contribution is 2.33. The van der Waals surface area contributed by atoms with E-state index in [0.29, 0.717) is 17.4 Å². The van der Waals surface area contributed by atoms with Crippen molar-refractivity contribution in [1.82, 2.24) is 20.3 Å². The molecule has 2 aromatic carbocycles. The first kappa shape index (κ1) is 20.5. The first-order chi connectivity index (χ1) is 15.7.